The highest BCUT2D eigenvalue weighted by molar-refractivity contribution is 5.92. The molecule has 6 atom stereocenters. The molecule has 4 unspecified atom stereocenters. The van der Waals surface area contributed by atoms with E-state index in [0.29, 0.717) is 32.0 Å². The summed E-state index contributed by atoms with van der Waals surface area (Å²) in [5, 5.41) is 10.1. The quantitative estimate of drug-likeness (QED) is 0.277. The Balaban J connectivity index is 1.70. The second-order valence-electron chi connectivity index (χ2n) is 11.7. The molecule has 6 heteroatoms. The number of allylic oxidation sites excluding steroid dienone is 8. The van der Waals surface area contributed by atoms with E-state index in [9.17, 15) is 14.3 Å². The molecule has 2 aliphatic carbocycles. The number of ether oxygens (including phenoxy) is 2. The molecule has 0 radical (unpaired) electrons. The maximum Gasteiger partial charge on any atom is 0.309 e. The van der Waals surface area contributed by atoms with Gasteiger partial charge in [0.2, 0.25) is 0 Å². The molecular formula is C32H44FNO4. The molecule has 1 N–H and O–H groups in total. The van der Waals surface area contributed by atoms with Gasteiger partial charge >= 0.3 is 5.97 Å². The summed E-state index contributed by atoms with van der Waals surface area (Å²) in [4.78, 5) is 17.2. The third-order valence-corrected chi connectivity index (χ3v) is 7.90. The van der Waals surface area contributed by atoms with Crippen LogP contribution in [-0.2, 0) is 14.3 Å². The zero-order valence-electron chi connectivity index (χ0n) is 23.3. The Morgan fingerprint density at radius 1 is 1.21 bits per heavy atom. The number of aliphatic imine (C=N–C) groups is 1. The highest BCUT2D eigenvalue weighted by Gasteiger charge is 2.38. The van der Waals surface area contributed by atoms with E-state index >= 15 is 0 Å². The van der Waals surface area contributed by atoms with Gasteiger partial charge in [-0.2, -0.15) is 0 Å². The average molecular weight is 526 g/mol. The Bertz CT molecular complexity index is 1030. The van der Waals surface area contributed by atoms with Crippen molar-refractivity contribution in [2.75, 3.05) is 13.2 Å². The first-order valence-corrected chi connectivity index (χ1v) is 14.4. The van der Waals surface area contributed by atoms with Crippen molar-refractivity contribution in [3.8, 4) is 0 Å². The van der Waals surface area contributed by atoms with Gasteiger partial charge in [-0.15, -0.1) is 0 Å². The molecule has 2 aliphatic heterocycles. The van der Waals surface area contributed by atoms with E-state index in [0.717, 1.165) is 35.4 Å². The number of carbonyl (C=O) groups is 1. The molecule has 2 heterocycles. The number of rotatable bonds is 9. The lowest BCUT2D eigenvalue weighted by atomic mass is 9.71. The topological polar surface area (TPSA) is 68.1 Å². The standard InChI is InChI=1S/C32H44FNO4/c1-20(2)31-27(15-14-26-16-25(35)17-29(36)38-26)30(23-10-12-24(33)13-11-23)28(32(34-31)21(3)4)19-37-18-22-8-6-5-7-9-22/h6,8,10-12,14-15,20-22,24-26,28,30,35H,5,7,9,13,16-19H2,1-4H3/b15-14+/t22?,24?,25-,26-,28?,30?/m1/s1. The average Bonchev–Trinajstić information content (AvgIpc) is 2.87. The van der Waals surface area contributed by atoms with Gasteiger partial charge in [0.15, 0.2) is 0 Å². The summed E-state index contributed by atoms with van der Waals surface area (Å²) in [6.07, 6.45) is 16.2. The highest BCUT2D eigenvalue weighted by atomic mass is 19.1. The molecule has 0 spiro atoms. The Hall–Kier alpha value is -2.31. The first kappa shape index (κ1) is 28.7. The summed E-state index contributed by atoms with van der Waals surface area (Å²) in [7, 11) is 0. The molecule has 38 heavy (non-hydrogen) atoms. The van der Waals surface area contributed by atoms with E-state index in [-0.39, 0.29) is 36.1 Å². The van der Waals surface area contributed by atoms with Crippen LogP contribution in [0.1, 0.15) is 66.2 Å². The van der Waals surface area contributed by atoms with Gasteiger partial charge in [-0.3, -0.25) is 9.79 Å². The van der Waals surface area contributed by atoms with Crippen molar-refractivity contribution in [1.82, 2.24) is 0 Å². The van der Waals surface area contributed by atoms with Crippen molar-refractivity contribution in [3.63, 3.8) is 0 Å². The van der Waals surface area contributed by atoms with Crippen LogP contribution in [0.2, 0.25) is 0 Å². The van der Waals surface area contributed by atoms with Gasteiger partial charge in [0.1, 0.15) is 12.3 Å². The zero-order valence-corrected chi connectivity index (χ0v) is 23.3. The molecule has 0 amide bonds. The maximum atomic E-state index is 14.1. The summed E-state index contributed by atoms with van der Waals surface area (Å²) in [6.45, 7) is 9.86. The number of cyclic esters (lactones) is 1. The number of aliphatic hydroxyl groups excluding tert-OH is 1. The summed E-state index contributed by atoms with van der Waals surface area (Å²) < 4.78 is 26.0. The van der Waals surface area contributed by atoms with Gasteiger partial charge in [-0.05, 0) is 48.3 Å². The van der Waals surface area contributed by atoms with Crippen molar-refractivity contribution in [1.29, 1.82) is 0 Å². The Labute approximate surface area is 227 Å². The summed E-state index contributed by atoms with van der Waals surface area (Å²) in [5.41, 5.74) is 4.25. The molecule has 0 aromatic carbocycles. The predicted octanol–water partition coefficient (Wildman–Crippen LogP) is 6.46. The molecule has 4 rings (SSSR count). The molecular weight excluding hydrogens is 481 g/mol. The second-order valence-corrected chi connectivity index (χ2v) is 11.7. The number of hydrogen-bond donors (Lipinski definition) is 1. The van der Waals surface area contributed by atoms with Gasteiger partial charge < -0.3 is 14.6 Å². The van der Waals surface area contributed by atoms with Gasteiger partial charge in [0.05, 0.1) is 25.7 Å². The molecule has 5 nitrogen and oxygen atoms in total. The lowest BCUT2D eigenvalue weighted by Crippen LogP contribution is -2.38. The van der Waals surface area contributed by atoms with Crippen LogP contribution in [0.5, 0.6) is 0 Å². The van der Waals surface area contributed by atoms with Crippen LogP contribution in [0, 0.1) is 29.6 Å². The lowest BCUT2D eigenvalue weighted by Gasteiger charge is -2.38. The van der Waals surface area contributed by atoms with E-state index in [1.807, 2.05) is 24.3 Å². The SMILES string of the molecule is CC(C)C1=NC(C(C)C)=C(/C=C/[C@@H]2C[C@@H](O)CC(=O)O2)C(C2=CCC(F)C=C2)C1COCC1C=CCCC1. The van der Waals surface area contributed by atoms with Crippen LogP contribution in [-0.4, -0.2) is 48.4 Å². The maximum absolute atomic E-state index is 14.1. The first-order chi connectivity index (χ1) is 18.2. The van der Waals surface area contributed by atoms with E-state index in [4.69, 9.17) is 14.5 Å². The van der Waals surface area contributed by atoms with Gasteiger partial charge in [0.25, 0.3) is 0 Å². The summed E-state index contributed by atoms with van der Waals surface area (Å²) in [6, 6.07) is 0. The van der Waals surface area contributed by atoms with Crippen LogP contribution in [0.4, 0.5) is 4.39 Å². The van der Waals surface area contributed by atoms with Gasteiger partial charge in [0, 0.05) is 42.0 Å². The van der Waals surface area contributed by atoms with E-state index in [1.165, 1.54) is 6.42 Å². The lowest BCUT2D eigenvalue weighted by molar-refractivity contribution is -0.156. The van der Waals surface area contributed by atoms with Gasteiger partial charge in [-0.1, -0.05) is 64.2 Å². The largest absolute Gasteiger partial charge is 0.458 e. The monoisotopic (exact) mass is 525 g/mol. The van der Waals surface area contributed by atoms with E-state index < -0.39 is 18.4 Å². The number of aliphatic hydroxyl groups is 1. The number of alkyl halides is 1. The molecule has 0 aromatic rings. The number of halogens is 1. The molecule has 0 bridgehead atoms. The van der Waals surface area contributed by atoms with Crippen molar-refractivity contribution in [2.24, 2.45) is 34.6 Å². The summed E-state index contributed by atoms with van der Waals surface area (Å²) >= 11 is 0. The fraction of sp³-hybridized carbons (Fsp3) is 0.625. The Morgan fingerprint density at radius 3 is 2.66 bits per heavy atom. The number of nitrogens with zero attached hydrogens (tertiary/aromatic N) is 1. The van der Waals surface area contributed by atoms with Crippen LogP contribution in [0.25, 0.3) is 0 Å². The molecule has 1 fully saturated rings. The molecule has 4 aliphatic rings. The molecule has 0 aromatic heterocycles. The van der Waals surface area contributed by atoms with E-state index in [1.54, 1.807) is 6.08 Å². The smallest absolute Gasteiger partial charge is 0.309 e. The van der Waals surface area contributed by atoms with Gasteiger partial charge in [-0.25, -0.2) is 4.39 Å². The highest BCUT2D eigenvalue weighted by Crippen LogP contribution is 2.42. The van der Waals surface area contributed by atoms with Crippen LogP contribution < -0.4 is 0 Å². The fourth-order valence-corrected chi connectivity index (χ4v) is 5.98. The first-order valence-electron chi connectivity index (χ1n) is 14.4. The summed E-state index contributed by atoms with van der Waals surface area (Å²) in [5.74, 6) is 0.425. The number of esters is 1. The van der Waals surface area contributed by atoms with Crippen molar-refractivity contribution >= 4 is 11.7 Å². The van der Waals surface area contributed by atoms with Crippen LogP contribution in [0.3, 0.4) is 0 Å². The minimum atomic E-state index is -0.968. The molecule has 0 saturated carbocycles. The zero-order chi connectivity index (χ0) is 27.2. The van der Waals surface area contributed by atoms with Crippen molar-refractivity contribution < 1.29 is 23.8 Å². The van der Waals surface area contributed by atoms with E-state index in [2.05, 4.69) is 39.8 Å². The van der Waals surface area contributed by atoms with Crippen LogP contribution >= 0.6 is 0 Å². The second kappa shape index (κ2) is 13.2. The Kier molecular flexibility index (Phi) is 9.94. The third kappa shape index (κ3) is 7.20. The normalized spacial score (nSPS) is 32.3. The van der Waals surface area contributed by atoms with Crippen molar-refractivity contribution in [2.45, 2.75) is 84.6 Å². The minimum absolute atomic E-state index is 0.0104. The van der Waals surface area contributed by atoms with Crippen molar-refractivity contribution in [3.05, 3.63) is 59.4 Å². The molecule has 208 valence electrons. The number of hydrogen-bond acceptors (Lipinski definition) is 5. The minimum Gasteiger partial charge on any atom is -0.458 e. The Morgan fingerprint density at radius 2 is 2.03 bits per heavy atom. The fourth-order valence-electron chi connectivity index (χ4n) is 5.98. The third-order valence-electron chi connectivity index (χ3n) is 7.90. The predicted molar refractivity (Wildman–Crippen MR) is 149 cm³/mol. The van der Waals surface area contributed by atoms with Crippen LogP contribution in [0.15, 0.2) is 64.4 Å². The number of carbonyl (C=O) groups excluding carboxylic acids is 1. The molecule has 1 saturated heterocycles.